The number of nitrogens with zero attached hydrogens (tertiary/aromatic N) is 4. The molecular formula is C17H28N4O2. The molecule has 3 atom stereocenters. The van der Waals surface area contributed by atoms with Crippen molar-refractivity contribution in [2.75, 3.05) is 27.2 Å². The Kier molecular flexibility index (Phi) is 5.33. The number of likely N-dealkylation sites (tertiary alicyclic amines) is 1. The first-order valence-electron chi connectivity index (χ1n) is 8.69. The van der Waals surface area contributed by atoms with Crippen molar-refractivity contribution in [3.63, 3.8) is 0 Å². The van der Waals surface area contributed by atoms with Gasteiger partial charge in [0.05, 0.1) is 6.10 Å². The number of aromatic nitrogens is 2. The number of hydrogen-bond acceptors (Lipinski definition) is 4. The summed E-state index contributed by atoms with van der Waals surface area (Å²) in [6.07, 6.45) is 9.15. The lowest BCUT2D eigenvalue weighted by Crippen LogP contribution is -2.49. The summed E-state index contributed by atoms with van der Waals surface area (Å²) in [6.45, 7) is 2.75. The number of hydrogen-bond donors (Lipinski definition) is 0. The molecule has 1 unspecified atom stereocenters. The molecule has 1 amide bonds. The van der Waals surface area contributed by atoms with Crippen molar-refractivity contribution < 1.29 is 9.53 Å². The van der Waals surface area contributed by atoms with Crippen molar-refractivity contribution in [2.45, 2.75) is 56.8 Å². The third-order valence-corrected chi connectivity index (χ3v) is 5.43. The number of amides is 1. The van der Waals surface area contributed by atoms with Crippen LogP contribution < -0.4 is 0 Å². The van der Waals surface area contributed by atoms with Crippen LogP contribution in [0.15, 0.2) is 18.5 Å². The highest BCUT2D eigenvalue weighted by molar-refractivity contribution is 5.76. The molecule has 1 saturated heterocycles. The smallest absolute Gasteiger partial charge is 0.224 e. The molecule has 0 radical (unpaired) electrons. The lowest BCUT2D eigenvalue weighted by atomic mass is 10.1. The molecular weight excluding hydrogens is 292 g/mol. The highest BCUT2D eigenvalue weighted by Crippen LogP contribution is 2.31. The van der Waals surface area contributed by atoms with Crippen molar-refractivity contribution in [1.29, 1.82) is 0 Å². The van der Waals surface area contributed by atoms with Crippen LogP contribution in [-0.4, -0.2) is 70.9 Å². The van der Waals surface area contributed by atoms with E-state index in [9.17, 15) is 4.79 Å². The van der Waals surface area contributed by atoms with Gasteiger partial charge < -0.3 is 9.64 Å². The quantitative estimate of drug-likeness (QED) is 0.794. The number of rotatable bonds is 6. The summed E-state index contributed by atoms with van der Waals surface area (Å²) in [5, 5.41) is 4.16. The van der Waals surface area contributed by atoms with Crippen LogP contribution in [0.1, 0.15) is 32.1 Å². The zero-order chi connectivity index (χ0) is 16.2. The van der Waals surface area contributed by atoms with Crippen LogP contribution in [0.2, 0.25) is 0 Å². The molecule has 2 fully saturated rings. The van der Waals surface area contributed by atoms with Crippen molar-refractivity contribution in [2.24, 2.45) is 0 Å². The molecule has 3 rings (SSSR count). The Hall–Kier alpha value is -1.40. The number of aryl methyl sites for hydroxylation is 1. The molecule has 2 aliphatic rings. The number of carbonyl (C=O) groups is 1. The Bertz CT molecular complexity index is 505. The largest absolute Gasteiger partial charge is 0.380 e. The zero-order valence-electron chi connectivity index (χ0n) is 14.2. The first kappa shape index (κ1) is 16.5. The molecule has 0 spiro atoms. The Morgan fingerprint density at radius 1 is 1.39 bits per heavy atom. The second kappa shape index (κ2) is 7.45. The Morgan fingerprint density at radius 3 is 2.96 bits per heavy atom. The van der Waals surface area contributed by atoms with E-state index in [4.69, 9.17) is 4.74 Å². The van der Waals surface area contributed by atoms with E-state index >= 15 is 0 Å². The van der Waals surface area contributed by atoms with E-state index in [-0.39, 0.29) is 5.91 Å². The van der Waals surface area contributed by atoms with E-state index in [0.29, 0.717) is 31.2 Å². The number of carbonyl (C=O) groups excluding carboxylic acids is 1. The lowest BCUT2D eigenvalue weighted by Gasteiger charge is -2.35. The molecule has 1 aromatic heterocycles. The highest BCUT2D eigenvalue weighted by Gasteiger charge is 2.39. The summed E-state index contributed by atoms with van der Waals surface area (Å²) in [6, 6.07) is 2.73. The van der Waals surface area contributed by atoms with Gasteiger partial charge >= 0.3 is 0 Å². The number of methoxy groups -OCH3 is 1. The highest BCUT2D eigenvalue weighted by atomic mass is 16.5. The molecule has 0 bridgehead atoms. The summed E-state index contributed by atoms with van der Waals surface area (Å²) in [5.74, 6) is 0.222. The van der Waals surface area contributed by atoms with Gasteiger partial charge in [-0.05, 0) is 31.7 Å². The zero-order valence-corrected chi connectivity index (χ0v) is 14.2. The van der Waals surface area contributed by atoms with Gasteiger partial charge in [-0.1, -0.05) is 0 Å². The minimum atomic E-state index is 0.222. The molecule has 6 heteroatoms. The van der Waals surface area contributed by atoms with Gasteiger partial charge in [0.1, 0.15) is 0 Å². The fraction of sp³-hybridized carbons (Fsp3) is 0.765. The van der Waals surface area contributed by atoms with Crippen LogP contribution in [-0.2, 0) is 16.1 Å². The van der Waals surface area contributed by atoms with E-state index in [1.165, 1.54) is 12.8 Å². The first-order chi connectivity index (χ1) is 11.2. The normalized spacial score (nSPS) is 28.3. The summed E-state index contributed by atoms with van der Waals surface area (Å²) in [4.78, 5) is 17.1. The van der Waals surface area contributed by atoms with E-state index in [1.54, 1.807) is 13.3 Å². The molecule has 23 heavy (non-hydrogen) atoms. The fourth-order valence-electron chi connectivity index (χ4n) is 4.05. The molecule has 1 aliphatic carbocycles. The molecule has 0 N–H and O–H groups in total. The minimum absolute atomic E-state index is 0.222. The molecule has 1 aromatic rings. The number of ether oxygens (including phenoxy) is 1. The fourth-order valence-corrected chi connectivity index (χ4v) is 4.05. The van der Waals surface area contributed by atoms with E-state index in [2.05, 4.69) is 10.00 Å². The Labute approximate surface area is 138 Å². The maximum absolute atomic E-state index is 12.5. The summed E-state index contributed by atoms with van der Waals surface area (Å²) >= 11 is 0. The molecule has 1 saturated carbocycles. The SMILES string of the molecule is COC1CCN([C@H]2CCC[C@H]2N(C)C(=O)CCn2cccn2)C1. The van der Waals surface area contributed by atoms with Crippen molar-refractivity contribution >= 4 is 5.91 Å². The van der Waals surface area contributed by atoms with Crippen molar-refractivity contribution in [3.8, 4) is 0 Å². The van der Waals surface area contributed by atoms with Gasteiger partial charge in [0.15, 0.2) is 0 Å². The third-order valence-electron chi connectivity index (χ3n) is 5.43. The predicted molar refractivity (Wildman–Crippen MR) is 88.0 cm³/mol. The topological polar surface area (TPSA) is 50.6 Å². The minimum Gasteiger partial charge on any atom is -0.380 e. The average molecular weight is 320 g/mol. The maximum atomic E-state index is 12.5. The van der Waals surface area contributed by atoms with Crippen LogP contribution in [0.3, 0.4) is 0 Å². The second-order valence-electron chi connectivity index (χ2n) is 6.73. The summed E-state index contributed by atoms with van der Waals surface area (Å²) in [5.41, 5.74) is 0. The molecule has 1 aliphatic heterocycles. The van der Waals surface area contributed by atoms with Crippen LogP contribution in [0, 0.1) is 0 Å². The van der Waals surface area contributed by atoms with E-state index < -0.39 is 0 Å². The Morgan fingerprint density at radius 2 is 2.26 bits per heavy atom. The van der Waals surface area contributed by atoms with Crippen LogP contribution in [0.4, 0.5) is 0 Å². The van der Waals surface area contributed by atoms with Gasteiger partial charge in [-0.3, -0.25) is 14.4 Å². The predicted octanol–water partition coefficient (Wildman–Crippen LogP) is 1.37. The van der Waals surface area contributed by atoms with Gasteiger partial charge in [0.25, 0.3) is 0 Å². The molecule has 128 valence electrons. The first-order valence-corrected chi connectivity index (χ1v) is 8.69. The molecule has 6 nitrogen and oxygen atoms in total. The third kappa shape index (κ3) is 3.75. The summed E-state index contributed by atoms with van der Waals surface area (Å²) in [7, 11) is 3.77. The van der Waals surface area contributed by atoms with Gasteiger partial charge in [-0.15, -0.1) is 0 Å². The summed E-state index contributed by atoms with van der Waals surface area (Å²) < 4.78 is 7.31. The van der Waals surface area contributed by atoms with Gasteiger partial charge in [0.2, 0.25) is 5.91 Å². The van der Waals surface area contributed by atoms with E-state index in [1.807, 2.05) is 28.9 Å². The lowest BCUT2D eigenvalue weighted by molar-refractivity contribution is -0.133. The second-order valence-corrected chi connectivity index (χ2v) is 6.73. The average Bonchev–Trinajstić information content (AvgIpc) is 3.32. The van der Waals surface area contributed by atoms with Gasteiger partial charge in [0, 0.05) is 64.7 Å². The monoisotopic (exact) mass is 320 g/mol. The van der Waals surface area contributed by atoms with Gasteiger partial charge in [-0.2, -0.15) is 5.10 Å². The maximum Gasteiger partial charge on any atom is 0.224 e. The van der Waals surface area contributed by atoms with Crippen LogP contribution >= 0.6 is 0 Å². The van der Waals surface area contributed by atoms with Crippen molar-refractivity contribution in [1.82, 2.24) is 19.6 Å². The van der Waals surface area contributed by atoms with E-state index in [0.717, 1.165) is 25.9 Å². The Balaban J connectivity index is 1.54. The van der Waals surface area contributed by atoms with Crippen molar-refractivity contribution in [3.05, 3.63) is 18.5 Å². The van der Waals surface area contributed by atoms with Gasteiger partial charge in [-0.25, -0.2) is 0 Å². The molecule has 2 heterocycles. The number of likely N-dealkylation sites (N-methyl/N-ethyl adjacent to an activating group) is 1. The molecule has 0 aromatic carbocycles. The standard InChI is InChI=1S/C17H28N4O2/c1-19(17(22)8-12-21-10-4-9-18-21)15-5-3-6-16(15)20-11-7-14(13-20)23-2/h4,9-10,14-16H,3,5-8,11-13H2,1-2H3/t14?,15-,16+/m1/s1. The van der Waals surface area contributed by atoms with Crippen LogP contribution in [0.5, 0.6) is 0 Å². The van der Waals surface area contributed by atoms with Crippen LogP contribution in [0.25, 0.3) is 0 Å².